The van der Waals surface area contributed by atoms with E-state index in [2.05, 4.69) is 21.2 Å². The van der Waals surface area contributed by atoms with Crippen LogP contribution in [0.4, 0.5) is 4.39 Å². The number of hydrogen-bond donors (Lipinski definition) is 1. The molecule has 1 aromatic carbocycles. The molecular weight excluding hydrogens is 273 g/mol. The van der Waals surface area contributed by atoms with Gasteiger partial charge in [-0.05, 0) is 30.0 Å². The zero-order valence-electron chi connectivity index (χ0n) is 9.01. The van der Waals surface area contributed by atoms with Crippen molar-refractivity contribution in [1.29, 1.82) is 0 Å². The highest BCUT2D eigenvalue weighted by molar-refractivity contribution is 9.10. The van der Waals surface area contributed by atoms with Crippen molar-refractivity contribution in [3.8, 4) is 0 Å². The van der Waals surface area contributed by atoms with Crippen LogP contribution in [-0.4, -0.2) is 19.8 Å². The summed E-state index contributed by atoms with van der Waals surface area (Å²) in [5.41, 5.74) is 1.08. The fourth-order valence-corrected chi connectivity index (χ4v) is 2.31. The molecule has 0 aromatic heterocycles. The van der Waals surface area contributed by atoms with Crippen LogP contribution >= 0.6 is 15.9 Å². The molecule has 0 spiro atoms. The van der Waals surface area contributed by atoms with Crippen molar-refractivity contribution < 1.29 is 9.13 Å². The van der Waals surface area contributed by atoms with E-state index in [-0.39, 0.29) is 5.82 Å². The summed E-state index contributed by atoms with van der Waals surface area (Å²) in [6, 6.07) is 4.79. The standard InChI is InChI=1S/C12H15BrFNO/c13-12-5-11(14)2-1-10(12)7-15-6-9-3-4-16-8-9/h1-2,5,9,15H,3-4,6-8H2. The largest absolute Gasteiger partial charge is 0.381 e. The first-order chi connectivity index (χ1) is 7.75. The van der Waals surface area contributed by atoms with Crippen LogP contribution in [0.5, 0.6) is 0 Å². The number of halogens is 2. The second kappa shape index (κ2) is 5.75. The Balaban J connectivity index is 1.80. The molecule has 2 nitrogen and oxygen atoms in total. The SMILES string of the molecule is Fc1ccc(CNCC2CCOC2)c(Br)c1. The number of nitrogens with one attached hydrogen (secondary N) is 1. The molecule has 1 heterocycles. The van der Waals surface area contributed by atoms with Gasteiger partial charge < -0.3 is 10.1 Å². The molecule has 1 aliphatic heterocycles. The Morgan fingerprint density at radius 1 is 1.50 bits per heavy atom. The van der Waals surface area contributed by atoms with Crippen LogP contribution < -0.4 is 5.32 Å². The van der Waals surface area contributed by atoms with E-state index in [0.717, 1.165) is 42.8 Å². The average Bonchev–Trinajstić information content (AvgIpc) is 2.74. The highest BCUT2D eigenvalue weighted by Gasteiger charge is 2.14. The molecule has 1 aromatic rings. The smallest absolute Gasteiger partial charge is 0.124 e. The number of benzene rings is 1. The Labute approximate surface area is 103 Å². The first-order valence-electron chi connectivity index (χ1n) is 5.48. The predicted molar refractivity (Wildman–Crippen MR) is 64.7 cm³/mol. The molecule has 0 amide bonds. The van der Waals surface area contributed by atoms with Gasteiger partial charge in [-0.25, -0.2) is 4.39 Å². The van der Waals surface area contributed by atoms with Crippen molar-refractivity contribution in [2.75, 3.05) is 19.8 Å². The summed E-state index contributed by atoms with van der Waals surface area (Å²) in [5.74, 6) is 0.416. The van der Waals surface area contributed by atoms with Crippen LogP contribution in [0.1, 0.15) is 12.0 Å². The second-order valence-electron chi connectivity index (χ2n) is 4.10. The molecule has 1 atom stereocenters. The molecule has 16 heavy (non-hydrogen) atoms. The summed E-state index contributed by atoms with van der Waals surface area (Å²) in [4.78, 5) is 0. The fraction of sp³-hybridized carbons (Fsp3) is 0.500. The van der Waals surface area contributed by atoms with Crippen molar-refractivity contribution in [1.82, 2.24) is 5.32 Å². The van der Waals surface area contributed by atoms with E-state index < -0.39 is 0 Å². The van der Waals surface area contributed by atoms with Crippen LogP contribution in [-0.2, 0) is 11.3 Å². The summed E-state index contributed by atoms with van der Waals surface area (Å²) < 4.78 is 19.0. The minimum absolute atomic E-state index is 0.209. The topological polar surface area (TPSA) is 21.3 Å². The molecule has 0 radical (unpaired) electrons. The third-order valence-corrected chi connectivity index (χ3v) is 3.53. The lowest BCUT2D eigenvalue weighted by molar-refractivity contribution is 0.185. The lowest BCUT2D eigenvalue weighted by Gasteiger charge is -2.10. The molecule has 1 aliphatic rings. The van der Waals surface area contributed by atoms with E-state index in [9.17, 15) is 4.39 Å². The highest BCUT2D eigenvalue weighted by atomic mass is 79.9. The molecule has 1 unspecified atom stereocenters. The molecule has 1 saturated heterocycles. The first-order valence-corrected chi connectivity index (χ1v) is 6.27. The highest BCUT2D eigenvalue weighted by Crippen LogP contribution is 2.18. The van der Waals surface area contributed by atoms with E-state index in [1.165, 1.54) is 12.1 Å². The molecule has 2 rings (SSSR count). The van der Waals surface area contributed by atoms with Crippen molar-refractivity contribution in [3.63, 3.8) is 0 Å². The number of rotatable bonds is 4. The minimum Gasteiger partial charge on any atom is -0.381 e. The quantitative estimate of drug-likeness (QED) is 0.919. The van der Waals surface area contributed by atoms with Crippen LogP contribution in [0.2, 0.25) is 0 Å². The van der Waals surface area contributed by atoms with E-state index in [0.29, 0.717) is 5.92 Å². The number of ether oxygens (including phenoxy) is 1. The van der Waals surface area contributed by atoms with E-state index in [4.69, 9.17) is 4.74 Å². The second-order valence-corrected chi connectivity index (χ2v) is 4.95. The zero-order valence-corrected chi connectivity index (χ0v) is 10.6. The average molecular weight is 288 g/mol. The van der Waals surface area contributed by atoms with Gasteiger partial charge in [0.2, 0.25) is 0 Å². The van der Waals surface area contributed by atoms with Gasteiger partial charge >= 0.3 is 0 Å². The summed E-state index contributed by atoms with van der Waals surface area (Å²) in [6.07, 6.45) is 1.14. The Morgan fingerprint density at radius 3 is 3.06 bits per heavy atom. The zero-order chi connectivity index (χ0) is 11.4. The molecular formula is C12H15BrFNO. The summed E-state index contributed by atoms with van der Waals surface area (Å²) in [6.45, 7) is 3.46. The summed E-state index contributed by atoms with van der Waals surface area (Å²) in [7, 11) is 0. The third-order valence-electron chi connectivity index (χ3n) is 2.79. The van der Waals surface area contributed by atoms with Gasteiger partial charge in [-0.3, -0.25) is 0 Å². The molecule has 1 fully saturated rings. The van der Waals surface area contributed by atoms with Crippen LogP contribution in [0.25, 0.3) is 0 Å². The molecule has 4 heteroatoms. The summed E-state index contributed by atoms with van der Waals surface area (Å²) >= 11 is 3.36. The van der Waals surface area contributed by atoms with Gasteiger partial charge in [0.25, 0.3) is 0 Å². The van der Waals surface area contributed by atoms with Crippen LogP contribution in [0.3, 0.4) is 0 Å². The molecule has 88 valence electrons. The summed E-state index contributed by atoms with van der Waals surface area (Å²) in [5, 5.41) is 3.37. The van der Waals surface area contributed by atoms with Gasteiger partial charge in [0, 0.05) is 24.2 Å². The minimum atomic E-state index is -0.209. The Morgan fingerprint density at radius 2 is 2.38 bits per heavy atom. The van der Waals surface area contributed by atoms with Crippen molar-refractivity contribution in [3.05, 3.63) is 34.1 Å². The molecule has 0 aliphatic carbocycles. The van der Waals surface area contributed by atoms with Gasteiger partial charge in [0.1, 0.15) is 5.82 Å². The van der Waals surface area contributed by atoms with Gasteiger partial charge in [-0.2, -0.15) is 0 Å². The maximum Gasteiger partial charge on any atom is 0.124 e. The molecule has 1 N–H and O–H groups in total. The van der Waals surface area contributed by atoms with E-state index >= 15 is 0 Å². The van der Waals surface area contributed by atoms with E-state index in [1.54, 1.807) is 6.07 Å². The van der Waals surface area contributed by atoms with Gasteiger partial charge in [-0.15, -0.1) is 0 Å². The normalized spacial score (nSPS) is 20.2. The van der Waals surface area contributed by atoms with Crippen molar-refractivity contribution >= 4 is 15.9 Å². The maximum absolute atomic E-state index is 12.8. The monoisotopic (exact) mass is 287 g/mol. The van der Waals surface area contributed by atoms with Crippen LogP contribution in [0, 0.1) is 11.7 Å². The van der Waals surface area contributed by atoms with Gasteiger partial charge in [-0.1, -0.05) is 22.0 Å². The number of hydrogen-bond acceptors (Lipinski definition) is 2. The van der Waals surface area contributed by atoms with Gasteiger partial charge in [0.05, 0.1) is 6.61 Å². The first kappa shape index (κ1) is 12.0. The van der Waals surface area contributed by atoms with E-state index in [1.807, 2.05) is 0 Å². The van der Waals surface area contributed by atoms with Crippen molar-refractivity contribution in [2.45, 2.75) is 13.0 Å². The molecule has 0 saturated carbocycles. The van der Waals surface area contributed by atoms with Crippen molar-refractivity contribution in [2.24, 2.45) is 5.92 Å². The maximum atomic E-state index is 12.8. The lowest BCUT2D eigenvalue weighted by atomic mass is 10.1. The Hall–Kier alpha value is -0.450. The molecule has 0 bridgehead atoms. The Bertz CT molecular complexity index is 353. The fourth-order valence-electron chi connectivity index (χ4n) is 1.82. The van der Waals surface area contributed by atoms with Gasteiger partial charge in [0.15, 0.2) is 0 Å². The Kier molecular flexibility index (Phi) is 4.32. The third kappa shape index (κ3) is 3.27. The predicted octanol–water partition coefficient (Wildman–Crippen LogP) is 2.71. The van der Waals surface area contributed by atoms with Crippen LogP contribution in [0.15, 0.2) is 22.7 Å². The lowest BCUT2D eigenvalue weighted by Crippen LogP contribution is -2.22.